The molecular weight excluding hydrogens is 240 g/mol. The van der Waals surface area contributed by atoms with Gasteiger partial charge in [-0.1, -0.05) is 18.2 Å². The average Bonchev–Trinajstić information content (AvgIpc) is 2.93. The molecule has 0 aliphatic carbocycles. The number of thioether (sulfide) groups is 1. The predicted octanol–water partition coefficient (Wildman–Crippen LogP) is 3.25. The Bertz CT molecular complexity index is 535. The van der Waals surface area contributed by atoms with Gasteiger partial charge in [0, 0.05) is 17.6 Å². The Morgan fingerprint density at radius 1 is 1.39 bits per heavy atom. The standard InChI is InChI=1S/C15H18N2S/c1-16-15(13-6-8-18-10-13)12-5-4-11-3-2-7-17-14(11)9-12/h2-5,7,9,13,15-16H,6,8,10H2,1H3. The Labute approximate surface area is 112 Å². The molecule has 94 valence electrons. The molecule has 1 N–H and O–H groups in total. The van der Waals surface area contributed by atoms with Crippen LogP contribution in [0.5, 0.6) is 0 Å². The van der Waals surface area contributed by atoms with E-state index in [0.717, 1.165) is 11.4 Å². The molecule has 1 aromatic heterocycles. The van der Waals surface area contributed by atoms with E-state index >= 15 is 0 Å². The Morgan fingerprint density at radius 3 is 3.11 bits per heavy atom. The number of fused-ring (bicyclic) bond motifs is 1. The molecule has 2 heterocycles. The van der Waals surface area contributed by atoms with Gasteiger partial charge in [-0.15, -0.1) is 0 Å². The molecule has 0 spiro atoms. The molecule has 1 aliphatic rings. The quantitative estimate of drug-likeness (QED) is 0.915. The Balaban J connectivity index is 1.96. The number of nitrogens with one attached hydrogen (secondary N) is 1. The van der Waals surface area contributed by atoms with Crippen molar-refractivity contribution in [2.24, 2.45) is 5.92 Å². The van der Waals surface area contributed by atoms with Gasteiger partial charge in [0.2, 0.25) is 0 Å². The summed E-state index contributed by atoms with van der Waals surface area (Å²) in [6.45, 7) is 0. The normalized spacial score (nSPS) is 21.3. The van der Waals surface area contributed by atoms with Gasteiger partial charge in [-0.25, -0.2) is 0 Å². The number of rotatable bonds is 3. The van der Waals surface area contributed by atoms with Crippen LogP contribution < -0.4 is 5.32 Å². The van der Waals surface area contributed by atoms with Gasteiger partial charge in [0.1, 0.15) is 0 Å². The third-order valence-corrected chi connectivity index (χ3v) is 4.92. The number of aromatic nitrogens is 1. The van der Waals surface area contributed by atoms with Crippen LogP contribution in [-0.2, 0) is 0 Å². The van der Waals surface area contributed by atoms with Gasteiger partial charge in [-0.05, 0) is 48.6 Å². The van der Waals surface area contributed by atoms with Crippen LogP contribution in [0.25, 0.3) is 10.9 Å². The van der Waals surface area contributed by atoms with Crippen LogP contribution in [0.2, 0.25) is 0 Å². The lowest BCUT2D eigenvalue weighted by Gasteiger charge is -2.23. The molecule has 3 rings (SSSR count). The van der Waals surface area contributed by atoms with E-state index in [0.29, 0.717) is 6.04 Å². The number of hydrogen-bond donors (Lipinski definition) is 1. The largest absolute Gasteiger partial charge is 0.313 e. The third kappa shape index (κ3) is 2.25. The topological polar surface area (TPSA) is 24.9 Å². The fourth-order valence-electron chi connectivity index (χ4n) is 2.77. The van der Waals surface area contributed by atoms with Gasteiger partial charge in [0.25, 0.3) is 0 Å². The fourth-order valence-corrected chi connectivity index (χ4v) is 4.07. The molecule has 1 saturated heterocycles. The summed E-state index contributed by atoms with van der Waals surface area (Å²) in [5, 5.41) is 4.70. The molecule has 2 aromatic rings. The van der Waals surface area contributed by atoms with E-state index < -0.39 is 0 Å². The minimum absolute atomic E-state index is 0.464. The van der Waals surface area contributed by atoms with Gasteiger partial charge in [0.15, 0.2) is 0 Å². The second kappa shape index (κ2) is 5.29. The van der Waals surface area contributed by atoms with Crippen molar-refractivity contribution in [3.05, 3.63) is 42.1 Å². The number of benzene rings is 1. The minimum atomic E-state index is 0.464. The summed E-state index contributed by atoms with van der Waals surface area (Å²) in [6.07, 6.45) is 3.18. The van der Waals surface area contributed by atoms with E-state index in [1.807, 2.05) is 12.3 Å². The molecule has 0 amide bonds. The lowest BCUT2D eigenvalue weighted by atomic mass is 9.92. The molecule has 0 saturated carbocycles. The van der Waals surface area contributed by atoms with E-state index in [1.165, 1.54) is 28.9 Å². The van der Waals surface area contributed by atoms with Crippen LogP contribution in [0.1, 0.15) is 18.0 Å². The summed E-state index contributed by atoms with van der Waals surface area (Å²) in [5.74, 6) is 3.32. The highest BCUT2D eigenvalue weighted by Crippen LogP contribution is 2.34. The van der Waals surface area contributed by atoms with Crippen LogP contribution in [0.15, 0.2) is 36.5 Å². The van der Waals surface area contributed by atoms with Crippen molar-refractivity contribution in [1.29, 1.82) is 0 Å². The monoisotopic (exact) mass is 258 g/mol. The van der Waals surface area contributed by atoms with Crippen molar-refractivity contribution in [1.82, 2.24) is 10.3 Å². The molecule has 18 heavy (non-hydrogen) atoms. The van der Waals surface area contributed by atoms with Gasteiger partial charge in [-0.3, -0.25) is 4.98 Å². The molecular formula is C15H18N2S. The van der Waals surface area contributed by atoms with Crippen molar-refractivity contribution >= 4 is 22.7 Å². The van der Waals surface area contributed by atoms with Gasteiger partial charge >= 0.3 is 0 Å². The maximum Gasteiger partial charge on any atom is 0.0705 e. The SMILES string of the molecule is CNC(c1ccc2cccnc2c1)C1CCSC1. The van der Waals surface area contributed by atoms with Crippen molar-refractivity contribution < 1.29 is 0 Å². The average molecular weight is 258 g/mol. The van der Waals surface area contributed by atoms with Crippen LogP contribution in [0.3, 0.4) is 0 Å². The summed E-state index contributed by atoms with van der Waals surface area (Å²) in [4.78, 5) is 4.45. The van der Waals surface area contributed by atoms with Gasteiger partial charge in [-0.2, -0.15) is 11.8 Å². The summed E-state index contributed by atoms with van der Waals surface area (Å²) in [5.41, 5.74) is 2.47. The molecule has 2 atom stereocenters. The predicted molar refractivity (Wildman–Crippen MR) is 79.0 cm³/mol. The number of hydrogen-bond acceptors (Lipinski definition) is 3. The molecule has 3 heteroatoms. The summed E-state index contributed by atoms with van der Waals surface area (Å²) in [6, 6.07) is 11.2. The zero-order chi connectivity index (χ0) is 12.4. The van der Waals surface area contributed by atoms with Gasteiger partial charge in [0.05, 0.1) is 5.52 Å². The first-order chi connectivity index (χ1) is 8.88. The van der Waals surface area contributed by atoms with E-state index in [1.54, 1.807) is 0 Å². The zero-order valence-electron chi connectivity index (χ0n) is 10.6. The summed E-state index contributed by atoms with van der Waals surface area (Å²) < 4.78 is 0. The smallest absolute Gasteiger partial charge is 0.0705 e. The Morgan fingerprint density at radius 2 is 2.33 bits per heavy atom. The van der Waals surface area contributed by atoms with E-state index in [4.69, 9.17) is 0 Å². The maximum atomic E-state index is 4.45. The fraction of sp³-hybridized carbons (Fsp3) is 0.400. The van der Waals surface area contributed by atoms with Crippen LogP contribution in [0, 0.1) is 5.92 Å². The summed E-state index contributed by atoms with van der Waals surface area (Å²) >= 11 is 2.07. The highest BCUT2D eigenvalue weighted by atomic mass is 32.2. The molecule has 1 fully saturated rings. The Kier molecular flexibility index (Phi) is 3.52. The second-order valence-electron chi connectivity index (χ2n) is 4.85. The van der Waals surface area contributed by atoms with Crippen molar-refractivity contribution in [2.45, 2.75) is 12.5 Å². The molecule has 2 unspecified atom stereocenters. The number of nitrogens with zero attached hydrogens (tertiary/aromatic N) is 1. The Hall–Kier alpha value is -1.06. The van der Waals surface area contributed by atoms with Crippen molar-refractivity contribution in [2.75, 3.05) is 18.6 Å². The highest BCUT2D eigenvalue weighted by molar-refractivity contribution is 7.99. The van der Waals surface area contributed by atoms with Crippen LogP contribution in [0.4, 0.5) is 0 Å². The molecule has 2 nitrogen and oxygen atoms in total. The molecule has 1 aliphatic heterocycles. The molecule has 1 aromatic carbocycles. The minimum Gasteiger partial charge on any atom is -0.313 e. The van der Waals surface area contributed by atoms with Crippen molar-refractivity contribution in [3.63, 3.8) is 0 Å². The third-order valence-electron chi connectivity index (χ3n) is 3.74. The van der Waals surface area contributed by atoms with Crippen LogP contribution >= 0.6 is 11.8 Å². The van der Waals surface area contributed by atoms with E-state index in [2.05, 4.69) is 53.4 Å². The van der Waals surface area contributed by atoms with Crippen molar-refractivity contribution in [3.8, 4) is 0 Å². The highest BCUT2D eigenvalue weighted by Gasteiger charge is 2.25. The molecule has 0 bridgehead atoms. The van der Waals surface area contributed by atoms with E-state index in [-0.39, 0.29) is 0 Å². The lowest BCUT2D eigenvalue weighted by Crippen LogP contribution is -2.25. The first kappa shape index (κ1) is 12.0. The van der Waals surface area contributed by atoms with E-state index in [9.17, 15) is 0 Å². The number of pyridine rings is 1. The summed E-state index contributed by atoms with van der Waals surface area (Å²) in [7, 11) is 2.07. The van der Waals surface area contributed by atoms with Gasteiger partial charge < -0.3 is 5.32 Å². The zero-order valence-corrected chi connectivity index (χ0v) is 11.4. The first-order valence-corrected chi connectivity index (χ1v) is 7.63. The lowest BCUT2D eigenvalue weighted by molar-refractivity contribution is 0.420. The first-order valence-electron chi connectivity index (χ1n) is 6.48. The van der Waals surface area contributed by atoms with Crippen LogP contribution in [-0.4, -0.2) is 23.5 Å². The maximum absolute atomic E-state index is 4.45. The molecule has 0 radical (unpaired) electrons. The second-order valence-corrected chi connectivity index (χ2v) is 6.00.